The molecule has 0 spiro atoms. The molecule has 1 aromatic heterocycles. The number of hydrogen-bond acceptors (Lipinski definition) is 6. The van der Waals surface area contributed by atoms with Crippen LogP contribution < -0.4 is 15.4 Å². The molecule has 0 aliphatic carbocycles. The van der Waals surface area contributed by atoms with E-state index in [2.05, 4.69) is 15.6 Å². The number of rotatable bonds is 6. The fourth-order valence-corrected chi connectivity index (χ4v) is 1.14. The van der Waals surface area contributed by atoms with Gasteiger partial charge in [-0.25, -0.2) is 4.98 Å². The van der Waals surface area contributed by atoms with Crippen molar-refractivity contribution in [2.24, 2.45) is 0 Å². The van der Waals surface area contributed by atoms with Crippen molar-refractivity contribution in [3.8, 4) is 5.88 Å². The van der Waals surface area contributed by atoms with Gasteiger partial charge in [-0.05, 0) is 5.56 Å². The minimum atomic E-state index is -0.523. The first-order chi connectivity index (χ1) is 8.15. The van der Waals surface area contributed by atoms with E-state index in [9.17, 15) is 10.1 Å². The minimum Gasteiger partial charge on any atom is -0.481 e. The van der Waals surface area contributed by atoms with Crippen LogP contribution in [-0.2, 0) is 6.54 Å². The van der Waals surface area contributed by atoms with Crippen LogP contribution in [0.2, 0.25) is 0 Å². The average Bonchev–Trinajstić information content (AvgIpc) is 2.34. The molecule has 7 heteroatoms. The molecule has 1 rings (SSSR count). The van der Waals surface area contributed by atoms with Crippen LogP contribution in [0.1, 0.15) is 5.56 Å². The molecule has 0 saturated heterocycles. The standard InChI is InChI=1S/C10H14N4O3/c1-11-9(7-14(15)16)12-5-8-3-4-10(17-2)13-6-8/h3-4,6-7,11-12H,5H2,1-2H3/b9-7+. The third-order valence-electron chi connectivity index (χ3n) is 1.99. The molecule has 0 aliphatic rings. The van der Waals surface area contributed by atoms with Crippen molar-refractivity contribution >= 4 is 0 Å². The summed E-state index contributed by atoms with van der Waals surface area (Å²) < 4.78 is 4.92. The summed E-state index contributed by atoms with van der Waals surface area (Å²) in [4.78, 5) is 13.8. The van der Waals surface area contributed by atoms with E-state index in [-0.39, 0.29) is 0 Å². The first-order valence-corrected chi connectivity index (χ1v) is 4.91. The Bertz CT molecular complexity index is 403. The Balaban J connectivity index is 2.56. The van der Waals surface area contributed by atoms with Gasteiger partial charge in [-0.3, -0.25) is 10.1 Å². The molecule has 0 aromatic carbocycles. The molecular formula is C10H14N4O3. The normalized spacial score (nSPS) is 10.8. The summed E-state index contributed by atoms with van der Waals surface area (Å²) >= 11 is 0. The molecule has 0 atom stereocenters. The monoisotopic (exact) mass is 238 g/mol. The van der Waals surface area contributed by atoms with E-state index < -0.39 is 4.92 Å². The van der Waals surface area contributed by atoms with Gasteiger partial charge in [-0.2, -0.15) is 0 Å². The smallest absolute Gasteiger partial charge is 0.274 e. The fourth-order valence-electron chi connectivity index (χ4n) is 1.14. The van der Waals surface area contributed by atoms with Gasteiger partial charge in [-0.15, -0.1) is 0 Å². The maximum Gasteiger partial charge on any atom is 0.274 e. The van der Waals surface area contributed by atoms with Crippen molar-refractivity contribution < 1.29 is 9.66 Å². The summed E-state index contributed by atoms with van der Waals surface area (Å²) in [5, 5.41) is 15.9. The number of pyridine rings is 1. The van der Waals surface area contributed by atoms with E-state index in [4.69, 9.17) is 4.74 Å². The molecule has 0 radical (unpaired) electrons. The molecule has 0 fully saturated rings. The second-order valence-corrected chi connectivity index (χ2v) is 3.14. The highest BCUT2D eigenvalue weighted by atomic mass is 16.6. The number of methoxy groups -OCH3 is 1. The molecule has 17 heavy (non-hydrogen) atoms. The molecular weight excluding hydrogens is 224 g/mol. The molecule has 0 amide bonds. The lowest BCUT2D eigenvalue weighted by Crippen LogP contribution is -2.24. The van der Waals surface area contributed by atoms with Crippen molar-refractivity contribution in [3.63, 3.8) is 0 Å². The van der Waals surface area contributed by atoms with Gasteiger partial charge in [0.25, 0.3) is 6.20 Å². The van der Waals surface area contributed by atoms with Gasteiger partial charge in [0.1, 0.15) is 0 Å². The zero-order chi connectivity index (χ0) is 12.7. The highest BCUT2D eigenvalue weighted by molar-refractivity contribution is 5.18. The molecule has 92 valence electrons. The van der Waals surface area contributed by atoms with Gasteiger partial charge in [0.05, 0.1) is 12.0 Å². The third kappa shape index (κ3) is 4.37. The van der Waals surface area contributed by atoms with Crippen molar-refractivity contribution in [1.29, 1.82) is 0 Å². The van der Waals surface area contributed by atoms with Crippen LogP contribution in [0, 0.1) is 10.1 Å². The van der Waals surface area contributed by atoms with Crippen molar-refractivity contribution in [2.45, 2.75) is 6.54 Å². The Hall–Kier alpha value is -2.31. The number of aromatic nitrogens is 1. The Labute approximate surface area is 98.7 Å². The third-order valence-corrected chi connectivity index (χ3v) is 1.99. The van der Waals surface area contributed by atoms with Crippen molar-refractivity contribution in [2.75, 3.05) is 14.2 Å². The maximum atomic E-state index is 10.3. The first kappa shape index (κ1) is 12.8. The quantitative estimate of drug-likeness (QED) is 0.553. The molecule has 0 unspecified atom stereocenters. The number of ether oxygens (including phenoxy) is 1. The van der Waals surface area contributed by atoms with Crippen LogP contribution in [0.4, 0.5) is 0 Å². The molecule has 1 heterocycles. The zero-order valence-electron chi connectivity index (χ0n) is 9.64. The van der Waals surface area contributed by atoms with E-state index >= 15 is 0 Å². The van der Waals surface area contributed by atoms with Crippen molar-refractivity contribution in [3.05, 3.63) is 46.0 Å². The average molecular weight is 238 g/mol. The molecule has 7 nitrogen and oxygen atoms in total. The topological polar surface area (TPSA) is 89.3 Å². The summed E-state index contributed by atoms with van der Waals surface area (Å²) in [7, 11) is 3.15. The van der Waals surface area contributed by atoms with E-state index in [1.54, 1.807) is 26.4 Å². The molecule has 0 bridgehead atoms. The highest BCUT2D eigenvalue weighted by Gasteiger charge is 2.00. The lowest BCUT2D eigenvalue weighted by molar-refractivity contribution is -0.404. The van der Waals surface area contributed by atoms with Gasteiger partial charge in [0.15, 0.2) is 5.82 Å². The van der Waals surface area contributed by atoms with E-state index in [1.165, 1.54) is 0 Å². The largest absolute Gasteiger partial charge is 0.481 e. The van der Waals surface area contributed by atoms with Crippen LogP contribution in [-0.4, -0.2) is 24.1 Å². The maximum absolute atomic E-state index is 10.3. The van der Waals surface area contributed by atoms with Gasteiger partial charge < -0.3 is 15.4 Å². The summed E-state index contributed by atoms with van der Waals surface area (Å²) in [6.45, 7) is 0.442. The summed E-state index contributed by atoms with van der Waals surface area (Å²) in [5.41, 5.74) is 0.898. The zero-order valence-corrected chi connectivity index (χ0v) is 9.64. The first-order valence-electron chi connectivity index (χ1n) is 4.91. The molecule has 0 saturated carbocycles. The van der Waals surface area contributed by atoms with E-state index in [0.29, 0.717) is 18.2 Å². The van der Waals surface area contributed by atoms with Crippen LogP contribution in [0.5, 0.6) is 5.88 Å². The second kappa shape index (κ2) is 6.31. The van der Waals surface area contributed by atoms with Gasteiger partial charge in [0, 0.05) is 25.9 Å². The van der Waals surface area contributed by atoms with Gasteiger partial charge in [0.2, 0.25) is 5.88 Å². The van der Waals surface area contributed by atoms with Gasteiger partial charge in [-0.1, -0.05) is 6.07 Å². The van der Waals surface area contributed by atoms with Crippen LogP contribution in [0.15, 0.2) is 30.4 Å². The Morgan fingerprint density at radius 1 is 1.65 bits per heavy atom. The Morgan fingerprint density at radius 2 is 2.41 bits per heavy atom. The predicted octanol–water partition coefficient (Wildman–Crippen LogP) is 0.475. The van der Waals surface area contributed by atoms with Crippen LogP contribution in [0.3, 0.4) is 0 Å². The summed E-state index contributed by atoms with van der Waals surface area (Å²) in [5.74, 6) is 0.870. The fraction of sp³-hybridized carbons (Fsp3) is 0.300. The lowest BCUT2D eigenvalue weighted by Gasteiger charge is -2.07. The van der Waals surface area contributed by atoms with Gasteiger partial charge >= 0.3 is 0 Å². The SMILES string of the molecule is CN/C(=C\[N+](=O)[O-])NCc1ccc(OC)nc1. The van der Waals surface area contributed by atoms with E-state index in [1.807, 2.05) is 6.07 Å². The van der Waals surface area contributed by atoms with Crippen molar-refractivity contribution in [1.82, 2.24) is 15.6 Å². The number of nitro groups is 1. The van der Waals surface area contributed by atoms with E-state index in [0.717, 1.165) is 11.8 Å². The lowest BCUT2D eigenvalue weighted by atomic mass is 10.3. The predicted molar refractivity (Wildman–Crippen MR) is 61.8 cm³/mol. The number of nitrogens with zero attached hydrogens (tertiary/aromatic N) is 2. The second-order valence-electron chi connectivity index (χ2n) is 3.14. The molecule has 0 aliphatic heterocycles. The summed E-state index contributed by atoms with van der Waals surface area (Å²) in [6, 6.07) is 3.56. The summed E-state index contributed by atoms with van der Waals surface area (Å²) in [6.07, 6.45) is 2.52. The molecule has 2 N–H and O–H groups in total. The Kier molecular flexibility index (Phi) is 4.74. The number of nitrogens with one attached hydrogen (secondary N) is 2. The van der Waals surface area contributed by atoms with Crippen LogP contribution in [0.25, 0.3) is 0 Å². The number of hydrogen-bond donors (Lipinski definition) is 2. The molecule has 1 aromatic rings. The highest BCUT2D eigenvalue weighted by Crippen LogP contribution is 2.06. The van der Waals surface area contributed by atoms with Crippen LogP contribution >= 0.6 is 0 Å². The Morgan fingerprint density at radius 3 is 2.88 bits per heavy atom. The minimum absolute atomic E-state index is 0.339.